The number of quaternary nitrogens is 1. The molecule has 0 amide bonds. The number of rotatable bonds is 51. The number of nitrogens with zero attached hydrogens (tertiary/aromatic N) is 1. The molecule has 0 heterocycles. The minimum atomic E-state index is -1.12. The van der Waals surface area contributed by atoms with Gasteiger partial charge in [0.05, 0.1) is 40.3 Å². The van der Waals surface area contributed by atoms with Gasteiger partial charge in [0, 0.05) is 19.3 Å². The number of hydrogen-bond donors (Lipinski definition) is 0. The van der Waals surface area contributed by atoms with Gasteiger partial charge < -0.3 is 28.6 Å². The number of carbonyl (C=O) groups excluding carboxylic acids is 3. The zero-order chi connectivity index (χ0) is 49.2. The lowest BCUT2D eigenvalue weighted by atomic mass is 10.0. The van der Waals surface area contributed by atoms with Crippen LogP contribution in [0.2, 0.25) is 0 Å². The summed E-state index contributed by atoms with van der Waals surface area (Å²) in [5.41, 5.74) is 0. The van der Waals surface area contributed by atoms with Gasteiger partial charge in [0.15, 0.2) is 6.10 Å². The van der Waals surface area contributed by atoms with E-state index in [1.54, 1.807) is 0 Å². The number of ether oxygens (including phenoxy) is 3. The Morgan fingerprint density at radius 1 is 0.463 bits per heavy atom. The van der Waals surface area contributed by atoms with Crippen molar-refractivity contribution >= 4 is 17.9 Å². The SMILES string of the molecule is CC/C=C/C/C=C/C/C=C/C/C=C/CCCCCCCCCC(=O)OC(COCCC(C(=O)[O-])[N+](C)(C)C)COC(=O)CCCCCCCCCCCCCCCCCCCCCCCCC. The van der Waals surface area contributed by atoms with Gasteiger partial charge in [-0.3, -0.25) is 9.59 Å². The van der Waals surface area contributed by atoms with Gasteiger partial charge >= 0.3 is 11.9 Å². The van der Waals surface area contributed by atoms with Gasteiger partial charge in [-0.15, -0.1) is 0 Å². The fraction of sp³-hybridized carbons (Fsp3) is 0.814. The largest absolute Gasteiger partial charge is 0.544 e. The number of hydrogen-bond acceptors (Lipinski definition) is 7. The number of unbranched alkanes of at least 4 members (excludes halogenated alkanes) is 29. The van der Waals surface area contributed by atoms with Gasteiger partial charge in [0.1, 0.15) is 12.6 Å². The molecule has 0 rings (SSSR count). The van der Waals surface area contributed by atoms with Gasteiger partial charge in [0.25, 0.3) is 0 Å². The van der Waals surface area contributed by atoms with Crippen LogP contribution in [0.1, 0.15) is 258 Å². The minimum Gasteiger partial charge on any atom is -0.544 e. The number of carboxylic acid groups (broad SMARTS) is 1. The van der Waals surface area contributed by atoms with Crippen LogP contribution < -0.4 is 5.11 Å². The summed E-state index contributed by atoms with van der Waals surface area (Å²) in [7, 11) is 5.42. The highest BCUT2D eigenvalue weighted by atomic mass is 16.6. The molecule has 0 aromatic rings. The summed E-state index contributed by atoms with van der Waals surface area (Å²) < 4.78 is 17.3. The van der Waals surface area contributed by atoms with E-state index in [1.165, 1.54) is 148 Å². The average Bonchev–Trinajstić information content (AvgIpc) is 3.29. The number of esters is 2. The van der Waals surface area contributed by atoms with Crippen molar-refractivity contribution in [3.05, 3.63) is 48.6 Å². The monoisotopic (exact) mass is 942 g/mol. The van der Waals surface area contributed by atoms with Crippen LogP contribution in [-0.4, -0.2) is 75.5 Å². The molecule has 0 fully saturated rings. The van der Waals surface area contributed by atoms with Crippen molar-refractivity contribution in [3.63, 3.8) is 0 Å². The molecule has 0 aliphatic carbocycles. The van der Waals surface area contributed by atoms with Gasteiger partial charge in [-0.2, -0.15) is 0 Å². The number of allylic oxidation sites excluding steroid dienone is 8. The number of likely N-dealkylation sites (N-methyl/N-ethyl adjacent to an activating group) is 1. The molecular weight excluding hydrogens is 835 g/mol. The zero-order valence-corrected chi connectivity index (χ0v) is 44.6. The molecule has 0 saturated heterocycles. The van der Waals surface area contributed by atoms with Gasteiger partial charge in [0.2, 0.25) is 0 Å². The van der Waals surface area contributed by atoms with Crippen LogP contribution in [0, 0.1) is 0 Å². The Hall–Kier alpha value is -2.71. The molecule has 2 unspecified atom stereocenters. The van der Waals surface area contributed by atoms with Crippen LogP contribution in [0.5, 0.6) is 0 Å². The quantitative estimate of drug-likeness (QED) is 0.0259. The summed E-state index contributed by atoms with van der Waals surface area (Å²) in [6.07, 6.45) is 61.5. The second kappa shape index (κ2) is 49.7. The molecule has 8 nitrogen and oxygen atoms in total. The van der Waals surface area contributed by atoms with E-state index in [0.717, 1.165) is 77.0 Å². The van der Waals surface area contributed by atoms with Crippen molar-refractivity contribution in [2.45, 2.75) is 270 Å². The lowest BCUT2D eigenvalue weighted by Crippen LogP contribution is -2.55. The summed E-state index contributed by atoms with van der Waals surface area (Å²) in [4.78, 5) is 37.1. The number of carboxylic acids is 1. The zero-order valence-electron chi connectivity index (χ0n) is 44.6. The Bertz CT molecular complexity index is 1230. The second-order valence-electron chi connectivity index (χ2n) is 20.2. The van der Waals surface area contributed by atoms with E-state index in [-0.39, 0.29) is 42.7 Å². The first-order valence-corrected chi connectivity index (χ1v) is 28.2. The number of carbonyl (C=O) groups is 3. The highest BCUT2D eigenvalue weighted by Crippen LogP contribution is 2.17. The maximum atomic E-state index is 12.8. The Kier molecular flexibility index (Phi) is 47.7. The Labute approximate surface area is 414 Å². The Morgan fingerprint density at radius 3 is 1.24 bits per heavy atom. The standard InChI is InChI=1S/C59H107NO7/c1-6-8-10-12-14-16-18-20-22-24-26-28-29-30-32-33-35-37-39-41-43-45-47-49-57(61)66-54-55(53-65-52-51-56(59(63)64)60(3,4)5)67-58(62)50-48-46-44-42-40-38-36-34-31-27-25-23-21-19-17-15-13-11-9-7-2/h9,11,15,17,21,23,27,31,55-56H,6-8,10,12-14,16,18-20,22,24-26,28-30,32-54H2,1-5H3/b11-9+,17-15+,23-21+,31-27+. The van der Waals surface area contributed by atoms with Crippen molar-refractivity contribution < 1.29 is 38.2 Å². The summed E-state index contributed by atoms with van der Waals surface area (Å²) in [6.45, 7) is 4.58. The van der Waals surface area contributed by atoms with Gasteiger partial charge in [-0.25, -0.2) is 0 Å². The van der Waals surface area contributed by atoms with E-state index in [9.17, 15) is 19.5 Å². The lowest BCUT2D eigenvalue weighted by molar-refractivity contribution is -0.889. The van der Waals surface area contributed by atoms with E-state index in [2.05, 4.69) is 62.5 Å². The Balaban J connectivity index is 4.17. The van der Waals surface area contributed by atoms with Gasteiger partial charge in [-0.1, -0.05) is 236 Å². The molecule has 0 N–H and O–H groups in total. The molecule has 0 aromatic carbocycles. The molecule has 0 bridgehead atoms. The predicted molar refractivity (Wildman–Crippen MR) is 282 cm³/mol. The molecule has 0 spiro atoms. The van der Waals surface area contributed by atoms with Crippen molar-refractivity contribution in [3.8, 4) is 0 Å². The molecule has 2 atom stereocenters. The second-order valence-corrected chi connectivity index (χ2v) is 20.2. The van der Waals surface area contributed by atoms with Crippen molar-refractivity contribution in [2.24, 2.45) is 0 Å². The maximum Gasteiger partial charge on any atom is 0.306 e. The fourth-order valence-corrected chi connectivity index (χ4v) is 8.42. The van der Waals surface area contributed by atoms with Crippen LogP contribution in [0.15, 0.2) is 48.6 Å². The third-order valence-electron chi connectivity index (χ3n) is 12.7. The minimum absolute atomic E-state index is 0.0380. The molecule has 8 heteroatoms. The summed E-state index contributed by atoms with van der Waals surface area (Å²) in [5, 5.41) is 11.7. The van der Waals surface area contributed by atoms with Crippen molar-refractivity contribution in [2.75, 3.05) is 41.0 Å². The third-order valence-corrected chi connectivity index (χ3v) is 12.7. The van der Waals surface area contributed by atoms with Crippen LogP contribution >= 0.6 is 0 Å². The van der Waals surface area contributed by atoms with E-state index in [0.29, 0.717) is 12.8 Å². The lowest BCUT2D eigenvalue weighted by Gasteiger charge is -2.34. The first-order chi connectivity index (χ1) is 32.6. The molecule has 0 aliphatic heterocycles. The highest BCUT2D eigenvalue weighted by Gasteiger charge is 2.25. The molecule has 0 saturated carbocycles. The Morgan fingerprint density at radius 2 is 0.836 bits per heavy atom. The van der Waals surface area contributed by atoms with E-state index >= 15 is 0 Å². The topological polar surface area (TPSA) is 102 Å². The first kappa shape index (κ1) is 64.3. The molecule has 0 aromatic heterocycles. The van der Waals surface area contributed by atoms with E-state index in [4.69, 9.17) is 14.2 Å². The smallest absolute Gasteiger partial charge is 0.306 e. The van der Waals surface area contributed by atoms with Crippen molar-refractivity contribution in [1.82, 2.24) is 0 Å². The average molecular weight is 943 g/mol. The fourth-order valence-electron chi connectivity index (χ4n) is 8.42. The molecule has 0 aliphatic rings. The maximum absolute atomic E-state index is 12.8. The molecular formula is C59H107NO7. The predicted octanol–water partition coefficient (Wildman–Crippen LogP) is 15.4. The summed E-state index contributed by atoms with van der Waals surface area (Å²) >= 11 is 0. The first-order valence-electron chi connectivity index (χ1n) is 28.2. The molecule has 67 heavy (non-hydrogen) atoms. The van der Waals surface area contributed by atoms with Crippen LogP contribution in [0.4, 0.5) is 0 Å². The summed E-state index contributed by atoms with van der Waals surface area (Å²) in [5.74, 6) is -1.73. The third kappa shape index (κ3) is 48.1. The van der Waals surface area contributed by atoms with Crippen molar-refractivity contribution in [1.29, 1.82) is 0 Å². The van der Waals surface area contributed by atoms with Crippen LogP contribution in [0.3, 0.4) is 0 Å². The van der Waals surface area contributed by atoms with Crippen LogP contribution in [0.25, 0.3) is 0 Å². The van der Waals surface area contributed by atoms with Gasteiger partial charge in [-0.05, 0) is 51.4 Å². The van der Waals surface area contributed by atoms with Crippen LogP contribution in [-0.2, 0) is 28.6 Å². The number of aliphatic carboxylic acids is 1. The van der Waals surface area contributed by atoms with E-state index < -0.39 is 18.1 Å². The highest BCUT2D eigenvalue weighted by molar-refractivity contribution is 5.70. The molecule has 0 radical (unpaired) electrons. The summed E-state index contributed by atoms with van der Waals surface area (Å²) in [6, 6.07) is -0.729. The van der Waals surface area contributed by atoms with E-state index in [1.807, 2.05) is 21.1 Å². The molecule has 390 valence electrons. The normalized spacial score (nSPS) is 13.1.